The van der Waals surface area contributed by atoms with Crippen molar-refractivity contribution in [2.75, 3.05) is 0 Å². The van der Waals surface area contributed by atoms with Gasteiger partial charge in [-0.1, -0.05) is 24.3 Å². The van der Waals surface area contributed by atoms with Gasteiger partial charge in [-0.05, 0) is 17.6 Å². The lowest BCUT2D eigenvalue weighted by Crippen LogP contribution is -1.59. The molecule has 1 nitrogen and oxygen atoms in total. The molecule has 0 fully saturated rings. The van der Waals surface area contributed by atoms with Gasteiger partial charge in [-0.2, -0.15) is 0 Å². The summed E-state index contributed by atoms with van der Waals surface area (Å²) in [5.41, 5.74) is 2.94. The van der Waals surface area contributed by atoms with Crippen LogP contribution < -0.4 is 6.15 Å². The van der Waals surface area contributed by atoms with Gasteiger partial charge in [0, 0.05) is 0 Å². The van der Waals surface area contributed by atoms with Crippen LogP contribution in [0, 0.1) is 0 Å². The van der Waals surface area contributed by atoms with Crippen molar-refractivity contribution in [3.8, 4) is 0 Å². The van der Waals surface area contributed by atoms with Gasteiger partial charge in [-0.25, -0.2) is 0 Å². The quantitative estimate of drug-likeness (QED) is 0.504. The molecule has 0 aromatic carbocycles. The van der Waals surface area contributed by atoms with E-state index in [0.29, 0.717) is 0 Å². The van der Waals surface area contributed by atoms with Gasteiger partial charge in [0.1, 0.15) is 0 Å². The number of hydrogen-bond donors (Lipinski definition) is 1. The van der Waals surface area contributed by atoms with Crippen LogP contribution in [-0.4, -0.2) is 0 Å². The molecule has 2 bridgehead atoms. The molecule has 0 unspecified atom stereocenters. The van der Waals surface area contributed by atoms with Crippen LogP contribution in [0.15, 0.2) is 35.5 Å². The third-order valence-corrected chi connectivity index (χ3v) is 1.43. The molecule has 0 radical (unpaired) electrons. The summed E-state index contributed by atoms with van der Waals surface area (Å²) >= 11 is 0. The Labute approximate surface area is 49.0 Å². The molecule has 3 N–H and O–H groups in total. The molecule has 0 atom stereocenters. The molecule has 0 saturated carbocycles. The van der Waals surface area contributed by atoms with Crippen molar-refractivity contribution in [1.29, 1.82) is 0 Å². The Balaban J connectivity index is 0.000000320. The molecule has 0 saturated heterocycles. The average molecular weight is 107 g/mol. The first-order chi connectivity index (χ1) is 3.45. The van der Waals surface area contributed by atoms with Gasteiger partial charge in [0.2, 0.25) is 0 Å². The van der Waals surface area contributed by atoms with Crippen molar-refractivity contribution >= 4 is 0 Å². The van der Waals surface area contributed by atoms with E-state index in [9.17, 15) is 0 Å². The zero-order valence-corrected chi connectivity index (χ0v) is 4.72. The molecule has 0 heterocycles. The first kappa shape index (κ1) is 5.32. The molecule has 42 valence electrons. The summed E-state index contributed by atoms with van der Waals surface area (Å²) in [6.07, 6.45) is 9.90. The van der Waals surface area contributed by atoms with Crippen LogP contribution in [0.3, 0.4) is 0 Å². The first-order valence-corrected chi connectivity index (χ1v) is 2.53. The van der Waals surface area contributed by atoms with Crippen molar-refractivity contribution in [3.05, 3.63) is 35.5 Å². The molecule has 2 aliphatic carbocycles. The minimum atomic E-state index is 0. The van der Waals surface area contributed by atoms with Gasteiger partial charge in [0.15, 0.2) is 0 Å². The molecule has 0 spiro atoms. The van der Waals surface area contributed by atoms with Crippen LogP contribution in [0.2, 0.25) is 0 Å². The topological polar surface area (TPSA) is 35.0 Å². The minimum absolute atomic E-state index is 0. The first-order valence-electron chi connectivity index (χ1n) is 2.53. The molecular weight excluding hydrogens is 98.1 g/mol. The predicted octanol–water partition coefficient (Wildman–Crippen LogP) is 1.97. The SMILES string of the molecule is C1=CC2=CC=C1C2.N. The molecule has 0 aliphatic heterocycles. The van der Waals surface area contributed by atoms with Crippen LogP contribution in [0.25, 0.3) is 0 Å². The maximum absolute atomic E-state index is 2.18. The van der Waals surface area contributed by atoms with Crippen molar-refractivity contribution in [2.45, 2.75) is 6.42 Å². The summed E-state index contributed by atoms with van der Waals surface area (Å²) in [5, 5.41) is 0. The number of hydrogen-bond acceptors (Lipinski definition) is 1. The zero-order valence-electron chi connectivity index (χ0n) is 4.72. The highest BCUT2D eigenvalue weighted by molar-refractivity contribution is 5.49. The fourth-order valence-corrected chi connectivity index (χ4v) is 1.01. The van der Waals surface area contributed by atoms with E-state index in [4.69, 9.17) is 0 Å². The van der Waals surface area contributed by atoms with Crippen LogP contribution in [0.4, 0.5) is 0 Å². The standard InChI is InChI=1S/C7H6.H3N/c1-2-7-4-3-6(1)5-7;/h1-4H,5H2;1H3. The molecule has 0 aromatic rings. The second-order valence-electron chi connectivity index (χ2n) is 1.99. The lowest BCUT2D eigenvalue weighted by atomic mass is 10.3. The number of rotatable bonds is 0. The maximum Gasteiger partial charge on any atom is -0.00258 e. The highest BCUT2D eigenvalue weighted by Crippen LogP contribution is 2.27. The Morgan fingerprint density at radius 3 is 1.62 bits per heavy atom. The van der Waals surface area contributed by atoms with Gasteiger partial charge in [0.25, 0.3) is 0 Å². The summed E-state index contributed by atoms with van der Waals surface area (Å²) in [4.78, 5) is 0. The fraction of sp³-hybridized carbons (Fsp3) is 0.143. The summed E-state index contributed by atoms with van der Waals surface area (Å²) in [7, 11) is 0. The maximum atomic E-state index is 2.18. The van der Waals surface area contributed by atoms with E-state index in [-0.39, 0.29) is 6.15 Å². The minimum Gasteiger partial charge on any atom is -0.344 e. The molecule has 2 rings (SSSR count). The van der Waals surface area contributed by atoms with Crippen molar-refractivity contribution in [1.82, 2.24) is 6.15 Å². The Morgan fingerprint density at radius 1 is 1.00 bits per heavy atom. The predicted molar refractivity (Wildman–Crippen MR) is 34.9 cm³/mol. The largest absolute Gasteiger partial charge is 0.344 e. The summed E-state index contributed by atoms with van der Waals surface area (Å²) < 4.78 is 0. The number of allylic oxidation sites excluding steroid dienone is 6. The Hall–Kier alpha value is -0.820. The molecule has 1 heteroatoms. The normalized spacial score (nSPS) is 20.0. The second kappa shape index (κ2) is 1.60. The molecule has 2 aliphatic rings. The van der Waals surface area contributed by atoms with E-state index in [0.717, 1.165) is 0 Å². The lowest BCUT2D eigenvalue weighted by Gasteiger charge is -1.77. The van der Waals surface area contributed by atoms with Gasteiger partial charge < -0.3 is 6.15 Å². The van der Waals surface area contributed by atoms with Gasteiger partial charge in [-0.3, -0.25) is 0 Å². The zero-order chi connectivity index (χ0) is 4.69. The average Bonchev–Trinajstić information content (AvgIpc) is 2.22. The molecular formula is C7H9N. The van der Waals surface area contributed by atoms with Crippen molar-refractivity contribution in [3.63, 3.8) is 0 Å². The van der Waals surface area contributed by atoms with E-state index in [1.54, 1.807) is 0 Å². The number of fused-ring (bicyclic) bond motifs is 2. The monoisotopic (exact) mass is 107 g/mol. The van der Waals surface area contributed by atoms with E-state index in [1.807, 2.05) is 0 Å². The summed E-state index contributed by atoms with van der Waals surface area (Å²) in [6, 6.07) is 0. The smallest absolute Gasteiger partial charge is 0.00258 e. The van der Waals surface area contributed by atoms with E-state index >= 15 is 0 Å². The van der Waals surface area contributed by atoms with Crippen molar-refractivity contribution < 1.29 is 0 Å². The Bertz CT molecular complexity index is 165. The van der Waals surface area contributed by atoms with Crippen LogP contribution in [-0.2, 0) is 0 Å². The van der Waals surface area contributed by atoms with E-state index < -0.39 is 0 Å². The lowest BCUT2D eigenvalue weighted by molar-refractivity contribution is 1.32. The van der Waals surface area contributed by atoms with Gasteiger partial charge >= 0.3 is 0 Å². The van der Waals surface area contributed by atoms with E-state index in [1.165, 1.54) is 17.6 Å². The van der Waals surface area contributed by atoms with Gasteiger partial charge in [0.05, 0.1) is 0 Å². The van der Waals surface area contributed by atoms with Crippen LogP contribution in [0.1, 0.15) is 6.42 Å². The highest BCUT2D eigenvalue weighted by Gasteiger charge is 2.07. The fourth-order valence-electron chi connectivity index (χ4n) is 1.01. The summed E-state index contributed by atoms with van der Waals surface area (Å²) in [6.45, 7) is 0. The van der Waals surface area contributed by atoms with Crippen molar-refractivity contribution in [2.24, 2.45) is 0 Å². The van der Waals surface area contributed by atoms with E-state index in [2.05, 4.69) is 24.3 Å². The second-order valence-corrected chi connectivity index (χ2v) is 1.99. The third-order valence-electron chi connectivity index (χ3n) is 1.43. The molecule has 0 aromatic heterocycles. The Morgan fingerprint density at radius 2 is 1.50 bits per heavy atom. The Kier molecular flexibility index (Phi) is 1.06. The third kappa shape index (κ3) is 0.521. The summed E-state index contributed by atoms with van der Waals surface area (Å²) in [5.74, 6) is 0. The highest BCUT2D eigenvalue weighted by atomic mass is 14.1. The van der Waals surface area contributed by atoms with Gasteiger partial charge in [-0.15, -0.1) is 0 Å². The molecule has 0 amide bonds. The molecule has 8 heavy (non-hydrogen) atoms. The van der Waals surface area contributed by atoms with Crippen LogP contribution in [0.5, 0.6) is 0 Å². The van der Waals surface area contributed by atoms with Crippen LogP contribution >= 0.6 is 0 Å².